The standard InChI is InChI=1S/C20H26FN5O2S/c21-14-6-5-10-20(12-14,29(23,27)28)9-3-4-11-26-13-24-17-18(26)15-7-1-2-8-16(15)25-19(17)22/h5-6,10,13H,1-4,7-9,11-12H2,(H2,22,25)(H2,23,27,28). The van der Waals surface area contributed by atoms with Crippen LogP contribution in [0.2, 0.25) is 0 Å². The molecule has 0 amide bonds. The number of hydrogen-bond acceptors (Lipinski definition) is 5. The number of anilines is 1. The van der Waals surface area contributed by atoms with Crippen molar-refractivity contribution in [1.29, 1.82) is 0 Å². The van der Waals surface area contributed by atoms with Gasteiger partial charge in [-0.15, -0.1) is 0 Å². The zero-order chi connectivity index (χ0) is 20.6. The summed E-state index contributed by atoms with van der Waals surface area (Å²) in [5, 5.41) is 5.44. The SMILES string of the molecule is Nc1nc2c(c3c1ncn3CCCCC1(S(N)(=O)=O)C=CC=C(F)C1)CCCC2. The Morgan fingerprint density at radius 1 is 1.24 bits per heavy atom. The number of nitrogens with two attached hydrogens (primary N) is 2. The number of pyridine rings is 1. The first kappa shape index (κ1) is 20.0. The van der Waals surface area contributed by atoms with Crippen molar-refractivity contribution in [3.8, 4) is 0 Å². The number of primary sulfonamides is 1. The van der Waals surface area contributed by atoms with Gasteiger partial charge in [0.1, 0.15) is 16.1 Å². The first-order valence-electron chi connectivity index (χ1n) is 9.99. The summed E-state index contributed by atoms with van der Waals surface area (Å²) in [4.78, 5) is 8.98. The zero-order valence-electron chi connectivity index (χ0n) is 16.3. The maximum atomic E-state index is 13.8. The summed E-state index contributed by atoms with van der Waals surface area (Å²) >= 11 is 0. The van der Waals surface area contributed by atoms with Crippen LogP contribution in [-0.2, 0) is 29.4 Å². The van der Waals surface area contributed by atoms with E-state index in [1.165, 1.54) is 23.8 Å². The molecule has 0 aliphatic heterocycles. The molecule has 7 nitrogen and oxygen atoms in total. The predicted molar refractivity (Wildman–Crippen MR) is 111 cm³/mol. The third kappa shape index (κ3) is 3.69. The minimum atomic E-state index is -3.92. The number of hydrogen-bond donors (Lipinski definition) is 2. The molecule has 0 saturated carbocycles. The summed E-state index contributed by atoms with van der Waals surface area (Å²) in [5.41, 5.74) is 10.2. The molecule has 2 aliphatic carbocycles. The highest BCUT2D eigenvalue weighted by molar-refractivity contribution is 7.90. The maximum absolute atomic E-state index is 13.8. The van der Waals surface area contributed by atoms with Crippen molar-refractivity contribution in [3.05, 3.63) is 41.6 Å². The van der Waals surface area contributed by atoms with Gasteiger partial charge < -0.3 is 10.3 Å². The molecule has 2 aliphatic rings. The summed E-state index contributed by atoms with van der Waals surface area (Å²) < 4.78 is 38.8. The molecule has 0 fully saturated rings. The van der Waals surface area contributed by atoms with Crippen molar-refractivity contribution in [2.24, 2.45) is 5.14 Å². The Labute approximate surface area is 169 Å². The number of aryl methyl sites for hydroxylation is 3. The quantitative estimate of drug-likeness (QED) is 0.698. The second-order valence-electron chi connectivity index (χ2n) is 7.98. The third-order valence-corrected chi connectivity index (χ3v) is 7.64. The minimum absolute atomic E-state index is 0.202. The van der Waals surface area contributed by atoms with Crippen LogP contribution in [0.5, 0.6) is 0 Å². The molecule has 4 N–H and O–H groups in total. The Kier molecular flexibility index (Phi) is 5.20. The van der Waals surface area contributed by atoms with E-state index in [0.29, 0.717) is 18.8 Å². The summed E-state index contributed by atoms with van der Waals surface area (Å²) in [5.74, 6) is -0.00100. The van der Waals surface area contributed by atoms with Crippen LogP contribution in [0.25, 0.3) is 11.0 Å². The fraction of sp³-hybridized carbons (Fsp3) is 0.500. The highest BCUT2D eigenvalue weighted by Crippen LogP contribution is 2.35. The van der Waals surface area contributed by atoms with Gasteiger partial charge in [-0.3, -0.25) is 0 Å². The molecule has 0 aromatic carbocycles. The van der Waals surface area contributed by atoms with E-state index in [1.807, 2.05) is 0 Å². The normalized spacial score (nSPS) is 21.9. The lowest BCUT2D eigenvalue weighted by Crippen LogP contribution is -2.42. The molecule has 1 atom stereocenters. The molecule has 2 aromatic rings. The summed E-state index contributed by atoms with van der Waals surface area (Å²) in [7, 11) is -3.92. The molecule has 29 heavy (non-hydrogen) atoms. The molecule has 9 heteroatoms. The molecule has 0 saturated heterocycles. The van der Waals surface area contributed by atoms with Gasteiger partial charge in [-0.2, -0.15) is 0 Å². The van der Waals surface area contributed by atoms with E-state index in [-0.39, 0.29) is 12.8 Å². The van der Waals surface area contributed by atoms with Gasteiger partial charge in [-0.25, -0.2) is 27.9 Å². The van der Waals surface area contributed by atoms with Crippen LogP contribution in [0.4, 0.5) is 10.2 Å². The molecule has 0 radical (unpaired) electrons. The van der Waals surface area contributed by atoms with Crippen LogP contribution >= 0.6 is 0 Å². The van der Waals surface area contributed by atoms with Crippen molar-refractivity contribution in [3.63, 3.8) is 0 Å². The Bertz CT molecular complexity index is 1110. The van der Waals surface area contributed by atoms with Crippen LogP contribution in [-0.4, -0.2) is 27.7 Å². The second kappa shape index (κ2) is 7.53. The van der Waals surface area contributed by atoms with E-state index in [9.17, 15) is 12.8 Å². The number of allylic oxidation sites excluding steroid dienone is 3. The number of fused-ring (bicyclic) bond motifs is 3. The van der Waals surface area contributed by atoms with Gasteiger partial charge >= 0.3 is 0 Å². The first-order valence-corrected chi connectivity index (χ1v) is 11.5. The molecular weight excluding hydrogens is 393 g/mol. The fourth-order valence-corrected chi connectivity index (χ4v) is 5.51. The van der Waals surface area contributed by atoms with E-state index in [1.54, 1.807) is 6.33 Å². The summed E-state index contributed by atoms with van der Waals surface area (Å²) in [6, 6.07) is 0. The number of sulfonamides is 1. The lowest BCUT2D eigenvalue weighted by molar-refractivity contribution is 0.461. The number of nitrogens with zero attached hydrogens (tertiary/aromatic N) is 3. The van der Waals surface area contributed by atoms with Crippen LogP contribution in [0, 0.1) is 0 Å². The molecule has 2 heterocycles. The first-order chi connectivity index (χ1) is 13.8. The minimum Gasteiger partial charge on any atom is -0.382 e. The molecule has 0 bridgehead atoms. The Morgan fingerprint density at radius 3 is 2.79 bits per heavy atom. The highest BCUT2D eigenvalue weighted by atomic mass is 32.2. The molecular formula is C20H26FN5O2S. The van der Waals surface area contributed by atoms with Crippen LogP contribution < -0.4 is 10.9 Å². The average Bonchev–Trinajstić information content (AvgIpc) is 3.09. The zero-order valence-corrected chi connectivity index (χ0v) is 17.1. The van der Waals surface area contributed by atoms with E-state index < -0.39 is 20.6 Å². The van der Waals surface area contributed by atoms with Gasteiger partial charge in [0.15, 0.2) is 5.82 Å². The number of nitrogen functional groups attached to an aromatic ring is 1. The van der Waals surface area contributed by atoms with E-state index in [0.717, 1.165) is 48.8 Å². The van der Waals surface area contributed by atoms with Crippen molar-refractivity contribution >= 4 is 26.9 Å². The van der Waals surface area contributed by atoms with E-state index in [4.69, 9.17) is 10.9 Å². The molecule has 4 rings (SSSR count). The lowest BCUT2D eigenvalue weighted by atomic mass is 9.93. The van der Waals surface area contributed by atoms with E-state index in [2.05, 4.69) is 14.5 Å². The predicted octanol–water partition coefficient (Wildman–Crippen LogP) is 2.90. The number of aromatic nitrogens is 3. The van der Waals surface area contributed by atoms with Crippen molar-refractivity contribution in [1.82, 2.24) is 14.5 Å². The number of halogens is 1. The van der Waals surface area contributed by atoms with Gasteiger partial charge in [-0.1, -0.05) is 12.2 Å². The van der Waals surface area contributed by atoms with Gasteiger partial charge in [-0.05, 0) is 56.6 Å². The van der Waals surface area contributed by atoms with Crippen LogP contribution in [0.3, 0.4) is 0 Å². The van der Waals surface area contributed by atoms with E-state index >= 15 is 0 Å². The van der Waals surface area contributed by atoms with Crippen molar-refractivity contribution in [2.75, 3.05) is 5.73 Å². The number of rotatable bonds is 6. The Morgan fingerprint density at radius 2 is 2.03 bits per heavy atom. The molecule has 1 unspecified atom stereocenters. The highest BCUT2D eigenvalue weighted by Gasteiger charge is 2.40. The van der Waals surface area contributed by atoms with Gasteiger partial charge in [0.05, 0.1) is 11.8 Å². The second-order valence-corrected chi connectivity index (χ2v) is 9.88. The smallest absolute Gasteiger partial charge is 0.218 e. The van der Waals surface area contributed by atoms with Crippen molar-refractivity contribution in [2.45, 2.75) is 62.7 Å². The number of unbranched alkanes of at least 4 members (excludes halogenated alkanes) is 1. The van der Waals surface area contributed by atoms with Crippen molar-refractivity contribution < 1.29 is 12.8 Å². The molecule has 2 aromatic heterocycles. The van der Waals surface area contributed by atoms with Crippen LogP contribution in [0.1, 0.15) is 49.8 Å². The summed E-state index contributed by atoms with van der Waals surface area (Å²) in [6.07, 6.45) is 11.5. The monoisotopic (exact) mass is 419 g/mol. The van der Waals surface area contributed by atoms with Gasteiger partial charge in [0.25, 0.3) is 0 Å². The lowest BCUT2D eigenvalue weighted by Gasteiger charge is -2.29. The molecule has 0 spiro atoms. The Balaban J connectivity index is 1.50. The van der Waals surface area contributed by atoms with Gasteiger partial charge in [0, 0.05) is 18.7 Å². The van der Waals surface area contributed by atoms with Crippen LogP contribution in [0.15, 0.2) is 30.4 Å². The average molecular weight is 420 g/mol. The summed E-state index contributed by atoms with van der Waals surface area (Å²) in [6.45, 7) is 0.676. The molecule has 156 valence electrons. The Hall–Kier alpha value is -2.26. The fourth-order valence-electron chi connectivity index (χ4n) is 4.47. The largest absolute Gasteiger partial charge is 0.382 e. The maximum Gasteiger partial charge on any atom is 0.218 e. The number of imidazole rings is 1. The van der Waals surface area contributed by atoms with Gasteiger partial charge in [0.2, 0.25) is 10.0 Å². The third-order valence-electron chi connectivity index (χ3n) is 6.02. The topological polar surface area (TPSA) is 117 Å².